The maximum Gasteiger partial charge on any atom is 0.416 e. The number of rotatable bonds is 6. The average molecular weight is 519 g/mol. The summed E-state index contributed by atoms with van der Waals surface area (Å²) in [6.07, 6.45) is -3.60. The SMILES string of the molecule is C=C[S+](=O)(O)c1ccc(OCC)cc1Nn1cnc2c(Br)cc(C(F)(F)F)cc2c1=O. The summed E-state index contributed by atoms with van der Waals surface area (Å²) in [6.45, 7) is 5.40. The molecule has 12 heteroatoms. The smallest absolute Gasteiger partial charge is 0.416 e. The molecule has 0 aliphatic rings. The molecule has 7 nitrogen and oxygen atoms in total. The van der Waals surface area contributed by atoms with Gasteiger partial charge in [-0.2, -0.15) is 17.7 Å². The maximum absolute atomic E-state index is 13.2. The van der Waals surface area contributed by atoms with Crippen LogP contribution in [0.1, 0.15) is 12.5 Å². The van der Waals surface area contributed by atoms with E-state index in [1.807, 2.05) is 0 Å². The average Bonchev–Trinajstić information content (AvgIpc) is 2.70. The first-order chi connectivity index (χ1) is 14.5. The lowest BCUT2D eigenvalue weighted by Crippen LogP contribution is -2.28. The van der Waals surface area contributed by atoms with Gasteiger partial charge in [-0.05, 0) is 47.6 Å². The molecule has 3 rings (SSSR count). The molecular weight excluding hydrogens is 503 g/mol. The van der Waals surface area contributed by atoms with E-state index in [9.17, 15) is 26.7 Å². The first kappa shape index (κ1) is 23.0. The van der Waals surface area contributed by atoms with E-state index < -0.39 is 27.5 Å². The summed E-state index contributed by atoms with van der Waals surface area (Å²) in [5, 5.41) is 0.551. The van der Waals surface area contributed by atoms with Crippen molar-refractivity contribution in [2.24, 2.45) is 0 Å². The Morgan fingerprint density at radius 1 is 1.35 bits per heavy atom. The van der Waals surface area contributed by atoms with E-state index in [0.29, 0.717) is 18.4 Å². The van der Waals surface area contributed by atoms with Crippen LogP contribution in [-0.4, -0.2) is 20.8 Å². The molecule has 0 saturated heterocycles. The third kappa shape index (κ3) is 4.65. The van der Waals surface area contributed by atoms with E-state index in [0.717, 1.165) is 22.5 Å². The van der Waals surface area contributed by atoms with E-state index in [-0.39, 0.29) is 26.0 Å². The van der Waals surface area contributed by atoms with Gasteiger partial charge in [0.2, 0.25) is 4.90 Å². The van der Waals surface area contributed by atoms with Gasteiger partial charge in [0, 0.05) is 16.6 Å². The Balaban J connectivity index is 2.18. The monoisotopic (exact) mass is 518 g/mol. The summed E-state index contributed by atoms with van der Waals surface area (Å²) in [7, 11) is -3.67. The molecule has 0 spiro atoms. The number of anilines is 1. The Labute approximate surface area is 183 Å². The fourth-order valence-corrected chi connectivity index (χ4v) is 4.19. The van der Waals surface area contributed by atoms with Crippen LogP contribution in [0.15, 0.2) is 62.8 Å². The van der Waals surface area contributed by atoms with Gasteiger partial charge in [-0.3, -0.25) is 10.2 Å². The minimum Gasteiger partial charge on any atom is -0.494 e. The van der Waals surface area contributed by atoms with Crippen molar-refractivity contribution < 1.29 is 26.7 Å². The highest BCUT2D eigenvalue weighted by Crippen LogP contribution is 2.34. The molecule has 1 atom stereocenters. The summed E-state index contributed by atoms with van der Waals surface area (Å²) in [5.41, 5.74) is 0.826. The zero-order chi connectivity index (χ0) is 23.0. The van der Waals surface area contributed by atoms with Crippen molar-refractivity contribution in [3.05, 3.63) is 69.0 Å². The highest BCUT2D eigenvalue weighted by atomic mass is 79.9. The normalized spacial score (nSPS) is 13.6. The number of nitrogens with zero attached hydrogens (tertiary/aromatic N) is 2. The van der Waals surface area contributed by atoms with Gasteiger partial charge in [0.05, 0.1) is 23.1 Å². The molecule has 2 N–H and O–H groups in total. The number of aromatic nitrogens is 2. The number of fused-ring (bicyclic) bond motifs is 1. The van der Waals surface area contributed by atoms with Crippen molar-refractivity contribution in [2.75, 3.05) is 12.0 Å². The van der Waals surface area contributed by atoms with Crippen molar-refractivity contribution in [3.8, 4) is 5.75 Å². The molecule has 0 fully saturated rings. The van der Waals surface area contributed by atoms with Crippen LogP contribution >= 0.6 is 15.9 Å². The molecule has 3 aromatic rings. The van der Waals surface area contributed by atoms with Gasteiger partial charge in [-0.1, -0.05) is 4.21 Å². The lowest BCUT2D eigenvalue weighted by molar-refractivity contribution is -0.137. The third-order valence-corrected chi connectivity index (χ3v) is 6.23. The number of ether oxygens (including phenoxy) is 1. The summed E-state index contributed by atoms with van der Waals surface area (Å²) < 4.78 is 68.3. The Kier molecular flexibility index (Phi) is 6.25. The first-order valence-electron chi connectivity index (χ1n) is 8.69. The predicted molar refractivity (Wildman–Crippen MR) is 114 cm³/mol. The zero-order valence-corrected chi connectivity index (χ0v) is 18.3. The fourth-order valence-electron chi connectivity index (χ4n) is 2.76. The van der Waals surface area contributed by atoms with Gasteiger partial charge in [-0.25, -0.2) is 9.66 Å². The van der Waals surface area contributed by atoms with E-state index >= 15 is 0 Å². The molecule has 1 unspecified atom stereocenters. The fraction of sp³-hybridized carbons (Fsp3) is 0.158. The van der Waals surface area contributed by atoms with Gasteiger partial charge < -0.3 is 4.74 Å². The summed E-state index contributed by atoms with van der Waals surface area (Å²) in [6, 6.07) is 5.72. The van der Waals surface area contributed by atoms with E-state index in [2.05, 4.69) is 32.9 Å². The van der Waals surface area contributed by atoms with Crippen LogP contribution < -0.4 is 15.7 Å². The standard InChI is InChI=1S/C19H15BrF3N3O4S/c1-3-30-12-5-6-16(31(28,29)4-2)15(9-12)25-26-10-24-17-13(18(26)27)7-11(8-14(17)20)19(21,22)23/h4-10H,2-3H2,1H3,(H-,25,28,29)/p+1. The second-order valence-electron chi connectivity index (χ2n) is 6.21. The molecule has 0 radical (unpaired) electrons. The molecule has 2 aromatic carbocycles. The second-order valence-corrected chi connectivity index (χ2v) is 8.97. The minimum absolute atomic E-state index is 0.00522. The van der Waals surface area contributed by atoms with Crippen molar-refractivity contribution in [1.82, 2.24) is 9.66 Å². The van der Waals surface area contributed by atoms with Crippen LogP contribution in [-0.2, 0) is 20.6 Å². The molecule has 31 heavy (non-hydrogen) atoms. The summed E-state index contributed by atoms with van der Waals surface area (Å²) in [4.78, 5) is 16.8. The molecular formula is C19H16BrF3N3O4S+. The Morgan fingerprint density at radius 3 is 2.68 bits per heavy atom. The highest BCUT2D eigenvalue weighted by Gasteiger charge is 2.32. The number of benzene rings is 2. The Hall–Kier alpha value is -2.70. The quantitative estimate of drug-likeness (QED) is 0.449. The third-order valence-electron chi connectivity index (χ3n) is 4.19. The van der Waals surface area contributed by atoms with Crippen LogP contribution in [0.25, 0.3) is 10.9 Å². The number of nitrogens with one attached hydrogen (secondary N) is 1. The van der Waals surface area contributed by atoms with Crippen LogP contribution in [0.2, 0.25) is 0 Å². The van der Waals surface area contributed by atoms with Gasteiger partial charge in [0.25, 0.3) is 15.8 Å². The van der Waals surface area contributed by atoms with Crippen LogP contribution in [0, 0.1) is 0 Å². The molecule has 0 aliphatic heterocycles. The van der Waals surface area contributed by atoms with Crippen molar-refractivity contribution in [2.45, 2.75) is 18.0 Å². The van der Waals surface area contributed by atoms with Crippen molar-refractivity contribution in [1.29, 1.82) is 0 Å². The molecule has 0 aliphatic carbocycles. The number of halogens is 4. The highest BCUT2D eigenvalue weighted by molar-refractivity contribution is 9.10. The number of hydrogen-bond donors (Lipinski definition) is 2. The predicted octanol–water partition coefficient (Wildman–Crippen LogP) is 4.93. The molecule has 0 saturated carbocycles. The van der Waals surface area contributed by atoms with Crippen molar-refractivity contribution in [3.63, 3.8) is 0 Å². The molecule has 164 valence electrons. The van der Waals surface area contributed by atoms with Crippen LogP contribution in [0.3, 0.4) is 0 Å². The largest absolute Gasteiger partial charge is 0.494 e. The van der Waals surface area contributed by atoms with Crippen molar-refractivity contribution >= 4 is 42.7 Å². The molecule has 0 amide bonds. The summed E-state index contributed by atoms with van der Waals surface area (Å²) >= 11 is 3.01. The molecule has 1 heterocycles. The lowest BCUT2D eigenvalue weighted by Gasteiger charge is -2.14. The first-order valence-corrected chi connectivity index (χ1v) is 11.1. The van der Waals surface area contributed by atoms with Gasteiger partial charge in [-0.15, -0.1) is 0 Å². The van der Waals surface area contributed by atoms with Crippen LogP contribution in [0.5, 0.6) is 5.75 Å². The number of alkyl halides is 3. The lowest BCUT2D eigenvalue weighted by atomic mass is 10.1. The van der Waals surface area contributed by atoms with E-state index in [4.69, 9.17) is 4.74 Å². The van der Waals surface area contributed by atoms with Gasteiger partial charge >= 0.3 is 6.18 Å². The van der Waals surface area contributed by atoms with E-state index in [1.165, 1.54) is 18.2 Å². The summed E-state index contributed by atoms with van der Waals surface area (Å²) in [5.74, 6) is 0.344. The second kappa shape index (κ2) is 8.44. The number of hydrogen-bond acceptors (Lipinski definition) is 5. The minimum atomic E-state index is -4.66. The molecule has 0 bridgehead atoms. The van der Waals surface area contributed by atoms with Gasteiger partial charge in [0.15, 0.2) is 5.41 Å². The zero-order valence-electron chi connectivity index (χ0n) is 15.9. The van der Waals surface area contributed by atoms with E-state index in [1.54, 1.807) is 6.92 Å². The van der Waals surface area contributed by atoms with Crippen LogP contribution in [0.4, 0.5) is 18.9 Å². The Morgan fingerprint density at radius 2 is 2.06 bits per heavy atom. The van der Waals surface area contributed by atoms with Gasteiger partial charge in [0.1, 0.15) is 17.8 Å². The molecule has 1 aromatic heterocycles. The topological polar surface area (TPSA) is 93.4 Å². The maximum atomic E-state index is 13.2. The Bertz CT molecular complexity index is 1280.